The predicted octanol–water partition coefficient (Wildman–Crippen LogP) is 0.793. The first kappa shape index (κ1) is 10.6. The van der Waals surface area contributed by atoms with Gasteiger partial charge >= 0.3 is 6.03 Å². The lowest BCUT2D eigenvalue weighted by molar-refractivity contribution is -0.141. The van der Waals surface area contributed by atoms with Crippen LogP contribution in [0.15, 0.2) is 30.3 Å². The number of hydrogen-bond acceptors (Lipinski definition) is 3. The van der Waals surface area contributed by atoms with E-state index < -0.39 is 17.7 Å². The van der Waals surface area contributed by atoms with Gasteiger partial charge in [-0.25, -0.2) is 9.69 Å². The smallest absolute Gasteiger partial charge is 0.333 e. The van der Waals surface area contributed by atoms with Crippen LogP contribution in [0.2, 0.25) is 0 Å². The Kier molecular flexibility index (Phi) is 2.20. The van der Waals surface area contributed by atoms with E-state index in [-0.39, 0.29) is 0 Å². The molecule has 1 aromatic carbocycles. The maximum absolute atomic E-state index is 11.9. The number of carbonyl (C=O) groups excluding carboxylic acids is 2. The van der Waals surface area contributed by atoms with Crippen LogP contribution in [-0.2, 0) is 4.79 Å². The number of anilines is 1. The number of carbonyl (C=O) groups is 2. The second-order valence-electron chi connectivity index (χ2n) is 3.84. The van der Waals surface area contributed by atoms with Crippen LogP contribution in [0.1, 0.15) is 6.92 Å². The third-order valence-corrected chi connectivity index (χ3v) is 2.75. The van der Waals surface area contributed by atoms with Gasteiger partial charge in [-0.2, -0.15) is 0 Å². The number of para-hydroxylation sites is 1. The normalized spacial score (nSPS) is 25.4. The third-order valence-electron chi connectivity index (χ3n) is 2.75. The Balaban J connectivity index is 2.45. The Bertz CT molecular complexity index is 442. The van der Waals surface area contributed by atoms with Crippen molar-refractivity contribution in [2.75, 3.05) is 11.9 Å². The summed E-state index contributed by atoms with van der Waals surface area (Å²) in [5.41, 5.74) is -1.31. The van der Waals surface area contributed by atoms with E-state index in [1.54, 1.807) is 30.3 Å². The van der Waals surface area contributed by atoms with E-state index in [9.17, 15) is 14.7 Å². The van der Waals surface area contributed by atoms with E-state index >= 15 is 0 Å². The molecule has 0 spiro atoms. The number of urea groups is 1. The number of hydrogen-bond donors (Lipinski definition) is 1. The molecule has 0 aromatic heterocycles. The molecule has 1 unspecified atom stereocenters. The summed E-state index contributed by atoms with van der Waals surface area (Å²) in [5.74, 6) is -0.633. The molecule has 1 atom stereocenters. The van der Waals surface area contributed by atoms with Crippen LogP contribution < -0.4 is 4.90 Å². The van der Waals surface area contributed by atoms with Crippen molar-refractivity contribution in [2.24, 2.45) is 0 Å². The van der Waals surface area contributed by atoms with Crippen molar-refractivity contribution in [2.45, 2.75) is 12.6 Å². The number of rotatable bonds is 1. The van der Waals surface area contributed by atoms with Gasteiger partial charge in [0.15, 0.2) is 0 Å². The van der Waals surface area contributed by atoms with Crippen LogP contribution in [0.5, 0.6) is 0 Å². The molecule has 1 aliphatic rings. The molecule has 0 bridgehead atoms. The Labute approximate surface area is 92.9 Å². The molecule has 16 heavy (non-hydrogen) atoms. The molecule has 1 fully saturated rings. The fourth-order valence-electron chi connectivity index (χ4n) is 1.58. The molecule has 0 aliphatic carbocycles. The fourth-order valence-corrected chi connectivity index (χ4v) is 1.58. The summed E-state index contributed by atoms with van der Waals surface area (Å²) >= 11 is 0. The number of nitrogens with zero attached hydrogens (tertiary/aromatic N) is 2. The van der Waals surface area contributed by atoms with Crippen LogP contribution in [0.3, 0.4) is 0 Å². The minimum Gasteiger partial charge on any atom is -0.363 e. The zero-order chi connectivity index (χ0) is 11.9. The van der Waals surface area contributed by atoms with Crippen LogP contribution >= 0.6 is 0 Å². The maximum atomic E-state index is 11.9. The molecule has 5 nitrogen and oxygen atoms in total. The highest BCUT2D eigenvalue weighted by molar-refractivity contribution is 6.22. The molecular formula is C11H12N2O3. The zero-order valence-electron chi connectivity index (χ0n) is 9.04. The number of likely N-dealkylation sites (N-methyl/N-ethyl adjacent to an activating group) is 1. The van der Waals surface area contributed by atoms with Crippen molar-refractivity contribution < 1.29 is 14.7 Å². The van der Waals surface area contributed by atoms with Gasteiger partial charge in [0.2, 0.25) is 5.72 Å². The van der Waals surface area contributed by atoms with Crippen LogP contribution in [0.25, 0.3) is 0 Å². The van der Waals surface area contributed by atoms with E-state index in [0.717, 1.165) is 9.80 Å². The summed E-state index contributed by atoms with van der Waals surface area (Å²) in [6.07, 6.45) is 0. The highest BCUT2D eigenvalue weighted by atomic mass is 16.3. The van der Waals surface area contributed by atoms with Gasteiger partial charge in [-0.1, -0.05) is 18.2 Å². The molecule has 1 N–H and O–H groups in total. The first-order valence-electron chi connectivity index (χ1n) is 4.86. The molecule has 1 aromatic rings. The van der Waals surface area contributed by atoms with Gasteiger partial charge in [0.05, 0.1) is 5.69 Å². The number of amides is 3. The molecule has 84 valence electrons. The van der Waals surface area contributed by atoms with Gasteiger partial charge in [0, 0.05) is 7.05 Å². The SMILES string of the molecule is CN1C(=O)N(c2ccccc2)C(=O)C1(C)O. The molecule has 5 heteroatoms. The highest BCUT2D eigenvalue weighted by Crippen LogP contribution is 2.28. The Morgan fingerprint density at radius 1 is 1.19 bits per heavy atom. The molecule has 2 rings (SSSR count). The summed E-state index contributed by atoms with van der Waals surface area (Å²) in [6.45, 7) is 1.30. The summed E-state index contributed by atoms with van der Waals surface area (Å²) in [4.78, 5) is 25.7. The second kappa shape index (κ2) is 3.31. The molecule has 1 heterocycles. The quantitative estimate of drug-likeness (QED) is 0.712. The van der Waals surface area contributed by atoms with E-state index in [4.69, 9.17) is 0 Å². The van der Waals surface area contributed by atoms with Gasteiger partial charge in [-0.05, 0) is 19.1 Å². The molecule has 0 saturated carbocycles. The summed E-state index contributed by atoms with van der Waals surface area (Å²) in [5, 5.41) is 9.85. The summed E-state index contributed by atoms with van der Waals surface area (Å²) < 4.78 is 0. The number of aliphatic hydroxyl groups is 1. The van der Waals surface area contributed by atoms with Crippen LogP contribution in [-0.4, -0.2) is 34.7 Å². The van der Waals surface area contributed by atoms with E-state index in [0.29, 0.717) is 5.69 Å². The second-order valence-corrected chi connectivity index (χ2v) is 3.84. The summed E-state index contributed by atoms with van der Waals surface area (Å²) in [6, 6.07) is 8.00. The lowest BCUT2D eigenvalue weighted by Gasteiger charge is -2.20. The van der Waals surface area contributed by atoms with Gasteiger partial charge < -0.3 is 5.11 Å². The highest BCUT2D eigenvalue weighted by Gasteiger charge is 2.52. The average Bonchev–Trinajstić information content (AvgIpc) is 2.42. The van der Waals surface area contributed by atoms with Crippen molar-refractivity contribution >= 4 is 17.6 Å². The molecule has 1 saturated heterocycles. The van der Waals surface area contributed by atoms with Gasteiger partial charge in [0.1, 0.15) is 0 Å². The van der Waals surface area contributed by atoms with Gasteiger partial charge in [-0.3, -0.25) is 9.69 Å². The third kappa shape index (κ3) is 1.29. The van der Waals surface area contributed by atoms with E-state index in [1.807, 2.05) is 0 Å². The number of imide groups is 1. The van der Waals surface area contributed by atoms with Crippen molar-refractivity contribution in [3.63, 3.8) is 0 Å². The molecule has 1 aliphatic heterocycles. The minimum atomic E-state index is -1.77. The van der Waals surface area contributed by atoms with E-state index in [1.165, 1.54) is 14.0 Å². The molecule has 0 radical (unpaired) electrons. The first-order valence-corrected chi connectivity index (χ1v) is 4.86. The largest absolute Gasteiger partial charge is 0.363 e. The van der Waals surface area contributed by atoms with E-state index in [2.05, 4.69) is 0 Å². The minimum absolute atomic E-state index is 0.460. The van der Waals surface area contributed by atoms with Crippen LogP contribution in [0.4, 0.5) is 10.5 Å². The van der Waals surface area contributed by atoms with Crippen molar-refractivity contribution in [1.82, 2.24) is 4.90 Å². The van der Waals surface area contributed by atoms with Crippen LogP contribution in [0, 0.1) is 0 Å². The monoisotopic (exact) mass is 220 g/mol. The van der Waals surface area contributed by atoms with Gasteiger partial charge in [-0.15, -0.1) is 0 Å². The standard InChI is InChI=1S/C11H12N2O3/c1-11(16)9(14)13(10(15)12(11)2)8-6-4-3-5-7-8/h3-7,16H,1-2H3. The van der Waals surface area contributed by atoms with Gasteiger partial charge in [0.25, 0.3) is 5.91 Å². The lowest BCUT2D eigenvalue weighted by Crippen LogP contribution is -2.44. The van der Waals surface area contributed by atoms with Crippen molar-refractivity contribution in [3.05, 3.63) is 30.3 Å². The topological polar surface area (TPSA) is 60.9 Å². The number of benzene rings is 1. The first-order chi connectivity index (χ1) is 7.46. The van der Waals surface area contributed by atoms with Crippen molar-refractivity contribution in [1.29, 1.82) is 0 Å². The average molecular weight is 220 g/mol. The lowest BCUT2D eigenvalue weighted by atomic mass is 10.2. The molecule has 3 amide bonds. The van der Waals surface area contributed by atoms with Crippen molar-refractivity contribution in [3.8, 4) is 0 Å². The fraction of sp³-hybridized carbons (Fsp3) is 0.273. The Hall–Kier alpha value is -1.88. The zero-order valence-corrected chi connectivity index (χ0v) is 9.04. The molecular weight excluding hydrogens is 208 g/mol. The maximum Gasteiger partial charge on any atom is 0.333 e. The Morgan fingerprint density at radius 3 is 2.19 bits per heavy atom. The predicted molar refractivity (Wildman–Crippen MR) is 57.7 cm³/mol. The Morgan fingerprint density at radius 2 is 1.75 bits per heavy atom. The summed E-state index contributed by atoms with van der Waals surface area (Å²) in [7, 11) is 1.39.